The first-order valence-corrected chi connectivity index (χ1v) is 6.94. The summed E-state index contributed by atoms with van der Waals surface area (Å²) in [7, 11) is 3.84. The average molecular weight is 310 g/mol. The van der Waals surface area contributed by atoms with E-state index in [0.717, 1.165) is 12.1 Å². The van der Waals surface area contributed by atoms with Gasteiger partial charge in [0.1, 0.15) is 5.70 Å². The van der Waals surface area contributed by atoms with Gasteiger partial charge in [-0.05, 0) is 37.9 Å². The third kappa shape index (κ3) is 6.92. The molecule has 0 fully saturated rings. The van der Waals surface area contributed by atoms with Crippen LogP contribution >= 0.6 is 11.6 Å². The van der Waals surface area contributed by atoms with Crippen LogP contribution in [0.3, 0.4) is 0 Å². The molecule has 0 radical (unpaired) electrons. The first kappa shape index (κ1) is 17.2. The molecule has 6 heteroatoms. The van der Waals surface area contributed by atoms with E-state index < -0.39 is 0 Å². The second kappa shape index (κ2) is 8.44. The molecular formula is C15H20ClN3O2. The Kier molecular flexibility index (Phi) is 6.91. The molecule has 5 nitrogen and oxygen atoms in total. The van der Waals surface area contributed by atoms with E-state index >= 15 is 0 Å². The summed E-state index contributed by atoms with van der Waals surface area (Å²) < 4.78 is 0. The minimum atomic E-state index is -0.318. The van der Waals surface area contributed by atoms with Gasteiger partial charge < -0.3 is 15.5 Å². The second-order valence-electron chi connectivity index (χ2n) is 4.85. The van der Waals surface area contributed by atoms with Crippen molar-refractivity contribution >= 4 is 29.5 Å². The van der Waals surface area contributed by atoms with Crippen LogP contribution < -0.4 is 10.6 Å². The lowest BCUT2D eigenvalue weighted by atomic mass is 10.2. The molecular weight excluding hydrogens is 290 g/mol. The van der Waals surface area contributed by atoms with Crippen molar-refractivity contribution in [1.29, 1.82) is 0 Å². The van der Waals surface area contributed by atoms with Crippen molar-refractivity contribution in [2.45, 2.75) is 6.92 Å². The number of rotatable bonds is 6. The molecule has 2 N–H and O–H groups in total. The molecule has 1 aromatic rings. The summed E-state index contributed by atoms with van der Waals surface area (Å²) in [5, 5.41) is 5.92. The van der Waals surface area contributed by atoms with Crippen molar-refractivity contribution in [2.24, 2.45) is 0 Å². The lowest BCUT2D eigenvalue weighted by molar-refractivity contribution is -0.122. The summed E-state index contributed by atoms with van der Waals surface area (Å²) in [6.45, 7) is 2.59. The molecule has 0 aliphatic carbocycles. The van der Waals surface area contributed by atoms with E-state index in [0.29, 0.717) is 11.6 Å². The Morgan fingerprint density at radius 2 is 1.86 bits per heavy atom. The normalized spacial score (nSPS) is 11.4. The Morgan fingerprint density at radius 1 is 1.24 bits per heavy atom. The van der Waals surface area contributed by atoms with Crippen LogP contribution in [0.1, 0.15) is 12.5 Å². The maximum atomic E-state index is 12.1. The molecule has 0 aliphatic rings. The van der Waals surface area contributed by atoms with Crippen molar-refractivity contribution in [3.63, 3.8) is 0 Å². The number of halogens is 1. The Hall–Kier alpha value is -1.85. The molecule has 1 rings (SSSR count). The van der Waals surface area contributed by atoms with E-state index in [-0.39, 0.29) is 17.5 Å². The number of nitrogens with zero attached hydrogens (tertiary/aromatic N) is 1. The molecule has 0 atom stereocenters. The number of carbonyl (C=O) groups is 2. The number of nitrogens with one attached hydrogen (secondary N) is 2. The van der Waals surface area contributed by atoms with Gasteiger partial charge in [0.25, 0.3) is 5.91 Å². The Balaban J connectivity index is 2.81. The maximum absolute atomic E-state index is 12.1. The average Bonchev–Trinajstić information content (AvgIpc) is 2.39. The quantitative estimate of drug-likeness (QED) is 0.783. The molecule has 2 amide bonds. The maximum Gasteiger partial charge on any atom is 0.267 e. The minimum Gasteiger partial charge on any atom is -0.349 e. The van der Waals surface area contributed by atoms with Crippen molar-refractivity contribution < 1.29 is 9.59 Å². The van der Waals surface area contributed by atoms with Gasteiger partial charge in [-0.3, -0.25) is 9.59 Å². The molecule has 114 valence electrons. The highest BCUT2D eigenvalue weighted by molar-refractivity contribution is 6.30. The van der Waals surface area contributed by atoms with Crippen LogP contribution in [0.5, 0.6) is 0 Å². The number of hydrogen-bond donors (Lipinski definition) is 2. The Labute approximate surface area is 130 Å². The standard InChI is InChI=1S/C15H20ClN3O2/c1-11(20)18-14(15(21)17-8-9-19(2)3)10-12-4-6-13(16)7-5-12/h4-7,10H,8-9H2,1-3H3,(H,17,21)(H,18,20). The lowest BCUT2D eigenvalue weighted by Crippen LogP contribution is -2.37. The van der Waals surface area contributed by atoms with Crippen molar-refractivity contribution in [2.75, 3.05) is 27.2 Å². The van der Waals surface area contributed by atoms with E-state index in [2.05, 4.69) is 10.6 Å². The van der Waals surface area contributed by atoms with Crippen LogP contribution in [0.15, 0.2) is 30.0 Å². The van der Waals surface area contributed by atoms with Gasteiger partial charge in [-0.25, -0.2) is 0 Å². The molecule has 0 unspecified atom stereocenters. The van der Waals surface area contributed by atoms with E-state index in [4.69, 9.17) is 11.6 Å². The van der Waals surface area contributed by atoms with Crippen molar-refractivity contribution in [1.82, 2.24) is 15.5 Å². The van der Waals surface area contributed by atoms with E-state index in [9.17, 15) is 9.59 Å². The second-order valence-corrected chi connectivity index (χ2v) is 5.29. The van der Waals surface area contributed by atoms with Gasteiger partial charge in [-0.15, -0.1) is 0 Å². The summed E-state index contributed by atoms with van der Waals surface area (Å²) in [5.41, 5.74) is 0.995. The first-order chi connectivity index (χ1) is 9.88. The molecule has 0 saturated heterocycles. The topological polar surface area (TPSA) is 61.4 Å². The van der Waals surface area contributed by atoms with Gasteiger partial charge in [0.15, 0.2) is 0 Å². The molecule has 0 aliphatic heterocycles. The van der Waals surface area contributed by atoms with Crippen LogP contribution in [0.2, 0.25) is 5.02 Å². The summed E-state index contributed by atoms with van der Waals surface area (Å²) >= 11 is 5.82. The van der Waals surface area contributed by atoms with E-state index in [1.54, 1.807) is 30.3 Å². The fourth-order valence-corrected chi connectivity index (χ4v) is 1.69. The third-order valence-electron chi connectivity index (χ3n) is 2.58. The molecule has 1 aromatic carbocycles. The van der Waals surface area contributed by atoms with Gasteiger partial charge in [-0.1, -0.05) is 23.7 Å². The Bertz CT molecular complexity index is 524. The monoisotopic (exact) mass is 309 g/mol. The summed E-state index contributed by atoms with van der Waals surface area (Å²) in [6.07, 6.45) is 1.61. The minimum absolute atomic E-state index is 0.212. The zero-order valence-corrected chi connectivity index (χ0v) is 13.2. The van der Waals surface area contributed by atoms with Crippen LogP contribution in [-0.2, 0) is 9.59 Å². The van der Waals surface area contributed by atoms with Gasteiger partial charge in [0.2, 0.25) is 5.91 Å². The van der Waals surface area contributed by atoms with Gasteiger partial charge in [0, 0.05) is 25.0 Å². The van der Waals surface area contributed by atoms with Crippen LogP contribution in [0.4, 0.5) is 0 Å². The highest BCUT2D eigenvalue weighted by atomic mass is 35.5. The van der Waals surface area contributed by atoms with Crippen LogP contribution in [-0.4, -0.2) is 43.9 Å². The molecule has 0 bridgehead atoms. The number of benzene rings is 1. The van der Waals surface area contributed by atoms with Crippen LogP contribution in [0.25, 0.3) is 6.08 Å². The third-order valence-corrected chi connectivity index (χ3v) is 2.83. The van der Waals surface area contributed by atoms with Crippen molar-refractivity contribution in [3.8, 4) is 0 Å². The van der Waals surface area contributed by atoms with Gasteiger partial charge in [-0.2, -0.15) is 0 Å². The fraction of sp³-hybridized carbons (Fsp3) is 0.333. The summed E-state index contributed by atoms with van der Waals surface area (Å²) in [6, 6.07) is 7.00. The largest absolute Gasteiger partial charge is 0.349 e. The number of amides is 2. The number of hydrogen-bond acceptors (Lipinski definition) is 3. The molecule has 0 spiro atoms. The predicted octanol–water partition coefficient (Wildman–Crippen LogP) is 1.49. The van der Waals surface area contributed by atoms with Gasteiger partial charge in [0.05, 0.1) is 0 Å². The smallest absolute Gasteiger partial charge is 0.267 e. The summed E-state index contributed by atoms with van der Waals surface area (Å²) in [4.78, 5) is 25.3. The highest BCUT2D eigenvalue weighted by Gasteiger charge is 2.10. The highest BCUT2D eigenvalue weighted by Crippen LogP contribution is 2.12. The molecule has 0 heterocycles. The Morgan fingerprint density at radius 3 is 2.38 bits per heavy atom. The molecule has 21 heavy (non-hydrogen) atoms. The van der Waals surface area contributed by atoms with E-state index in [1.165, 1.54) is 6.92 Å². The SMILES string of the molecule is CC(=O)NC(=Cc1ccc(Cl)cc1)C(=O)NCCN(C)C. The predicted molar refractivity (Wildman–Crippen MR) is 84.8 cm³/mol. The first-order valence-electron chi connectivity index (χ1n) is 6.56. The molecule has 0 aromatic heterocycles. The van der Waals surface area contributed by atoms with Gasteiger partial charge >= 0.3 is 0 Å². The molecule has 0 saturated carbocycles. The fourth-order valence-electron chi connectivity index (χ4n) is 1.56. The number of carbonyl (C=O) groups excluding carboxylic acids is 2. The van der Waals surface area contributed by atoms with E-state index in [1.807, 2.05) is 19.0 Å². The zero-order valence-electron chi connectivity index (χ0n) is 12.4. The zero-order chi connectivity index (χ0) is 15.8. The van der Waals surface area contributed by atoms with Crippen LogP contribution in [0, 0.1) is 0 Å². The summed E-state index contributed by atoms with van der Waals surface area (Å²) in [5.74, 6) is -0.611. The van der Waals surface area contributed by atoms with Crippen molar-refractivity contribution in [3.05, 3.63) is 40.5 Å². The lowest BCUT2D eigenvalue weighted by Gasteiger charge is -2.12. The number of likely N-dealkylation sites (N-methyl/N-ethyl adjacent to an activating group) is 1.